The number of rotatable bonds is 6. The van der Waals surface area contributed by atoms with Crippen molar-refractivity contribution in [2.24, 2.45) is 0 Å². The molecule has 8 heteroatoms. The second-order valence-corrected chi connectivity index (χ2v) is 7.14. The minimum absolute atomic E-state index is 0.0198. The number of anilines is 1. The van der Waals surface area contributed by atoms with Crippen LogP contribution in [-0.4, -0.2) is 37.9 Å². The zero-order valence-corrected chi connectivity index (χ0v) is 17.9. The lowest BCUT2D eigenvalue weighted by Gasteiger charge is -2.24. The highest BCUT2D eigenvalue weighted by atomic mass is 35.5. The first kappa shape index (κ1) is 21.4. The molecule has 1 aliphatic rings. The van der Waals surface area contributed by atoms with Gasteiger partial charge in [0.2, 0.25) is 0 Å². The van der Waals surface area contributed by atoms with Crippen LogP contribution in [0, 0.1) is 0 Å². The molecule has 2 atom stereocenters. The van der Waals surface area contributed by atoms with Gasteiger partial charge in [0.05, 0.1) is 38.0 Å². The van der Waals surface area contributed by atoms with Crippen molar-refractivity contribution in [2.75, 3.05) is 26.1 Å². The van der Waals surface area contributed by atoms with E-state index in [1.54, 1.807) is 33.3 Å². The maximum absolute atomic E-state index is 12.1. The molecule has 29 heavy (non-hydrogen) atoms. The minimum atomic E-state index is -0.701. The largest absolute Gasteiger partial charge is 0.493 e. The molecule has 0 fully saturated rings. The summed E-state index contributed by atoms with van der Waals surface area (Å²) in [6.07, 6.45) is -1.32. The standard InChI is InChI=1S/C21H22ClNO5S/c1-4-27-17(24)11-16-21(29)23-18-12(7-5-9-14(18)22)19(28-16)13-8-6-10-15(25-2)20(13)26-3/h5-10,16,19H,4,11H2,1-3H3,(H,23,29)/t16-,19+/m1/s1. The molecule has 1 heterocycles. The highest BCUT2D eigenvalue weighted by Crippen LogP contribution is 2.44. The van der Waals surface area contributed by atoms with Crippen LogP contribution in [0.4, 0.5) is 5.69 Å². The number of carbonyl (C=O) groups excluding carboxylic acids is 1. The number of methoxy groups -OCH3 is 2. The molecule has 0 saturated carbocycles. The van der Waals surface area contributed by atoms with Crippen LogP contribution >= 0.6 is 23.8 Å². The second kappa shape index (κ2) is 9.43. The maximum atomic E-state index is 12.1. The molecule has 0 unspecified atom stereocenters. The van der Waals surface area contributed by atoms with Gasteiger partial charge >= 0.3 is 5.97 Å². The van der Waals surface area contributed by atoms with Crippen LogP contribution in [0.1, 0.15) is 30.6 Å². The number of nitrogens with one attached hydrogen (secondary N) is 1. The van der Waals surface area contributed by atoms with Crippen molar-refractivity contribution >= 4 is 40.5 Å². The Labute approximate surface area is 180 Å². The van der Waals surface area contributed by atoms with Gasteiger partial charge in [-0.1, -0.05) is 48.1 Å². The number of halogens is 1. The van der Waals surface area contributed by atoms with E-state index in [0.717, 1.165) is 11.1 Å². The zero-order chi connectivity index (χ0) is 21.0. The summed E-state index contributed by atoms with van der Waals surface area (Å²) in [5.41, 5.74) is 2.15. The van der Waals surface area contributed by atoms with E-state index < -0.39 is 18.2 Å². The van der Waals surface area contributed by atoms with Crippen molar-refractivity contribution in [2.45, 2.75) is 25.6 Å². The number of esters is 1. The van der Waals surface area contributed by atoms with Gasteiger partial charge in [-0.15, -0.1) is 0 Å². The van der Waals surface area contributed by atoms with Crippen LogP contribution in [0.5, 0.6) is 11.5 Å². The Kier molecular flexibility index (Phi) is 6.95. The Morgan fingerprint density at radius 2 is 1.90 bits per heavy atom. The summed E-state index contributed by atoms with van der Waals surface area (Å²) in [5, 5.41) is 3.65. The van der Waals surface area contributed by atoms with Gasteiger partial charge in [0.15, 0.2) is 11.5 Å². The number of hydrogen-bond acceptors (Lipinski definition) is 6. The van der Waals surface area contributed by atoms with Gasteiger partial charge in [0, 0.05) is 11.1 Å². The Bertz CT molecular complexity index is 920. The molecular formula is C21H22ClNO5S. The van der Waals surface area contributed by atoms with E-state index in [0.29, 0.717) is 27.2 Å². The van der Waals surface area contributed by atoms with Crippen LogP contribution in [0.2, 0.25) is 5.02 Å². The predicted octanol–water partition coefficient (Wildman–Crippen LogP) is 4.54. The lowest BCUT2D eigenvalue weighted by molar-refractivity contribution is -0.145. The van der Waals surface area contributed by atoms with E-state index >= 15 is 0 Å². The molecule has 154 valence electrons. The fourth-order valence-corrected chi connectivity index (χ4v) is 3.74. The van der Waals surface area contributed by atoms with E-state index in [1.807, 2.05) is 24.3 Å². The first-order valence-corrected chi connectivity index (χ1v) is 9.90. The Hall–Kier alpha value is -2.35. The summed E-state index contributed by atoms with van der Waals surface area (Å²) in [4.78, 5) is 12.5. The third-order valence-corrected chi connectivity index (χ3v) is 5.22. The minimum Gasteiger partial charge on any atom is -0.493 e. The number of hydrogen-bond donors (Lipinski definition) is 1. The third-order valence-electron chi connectivity index (χ3n) is 4.54. The van der Waals surface area contributed by atoms with E-state index in [4.69, 9.17) is 42.8 Å². The third kappa shape index (κ3) is 4.47. The summed E-state index contributed by atoms with van der Waals surface area (Å²) < 4.78 is 22.5. The molecule has 3 rings (SSSR count). The van der Waals surface area contributed by atoms with Crippen molar-refractivity contribution in [1.29, 1.82) is 0 Å². The topological polar surface area (TPSA) is 66.0 Å². The average molecular weight is 436 g/mol. The number of thiocarbonyl (C=S) groups is 1. The van der Waals surface area contributed by atoms with Gasteiger partial charge in [-0.2, -0.15) is 0 Å². The molecule has 1 N–H and O–H groups in total. The van der Waals surface area contributed by atoms with Gasteiger partial charge in [-0.25, -0.2) is 0 Å². The van der Waals surface area contributed by atoms with Gasteiger partial charge in [-0.05, 0) is 19.1 Å². The molecule has 2 aromatic rings. The average Bonchev–Trinajstić information content (AvgIpc) is 2.85. The van der Waals surface area contributed by atoms with E-state index in [9.17, 15) is 4.79 Å². The summed E-state index contributed by atoms with van der Waals surface area (Å²) in [6, 6.07) is 11.0. The predicted molar refractivity (Wildman–Crippen MR) is 115 cm³/mol. The quantitative estimate of drug-likeness (QED) is 0.527. The molecule has 2 aromatic carbocycles. The first-order valence-electron chi connectivity index (χ1n) is 9.11. The maximum Gasteiger partial charge on any atom is 0.308 e. The summed E-state index contributed by atoms with van der Waals surface area (Å²) in [6.45, 7) is 2.03. The molecule has 0 aromatic heterocycles. The van der Waals surface area contributed by atoms with Crippen LogP contribution in [0.25, 0.3) is 0 Å². The Balaban J connectivity index is 2.11. The number of carbonyl (C=O) groups is 1. The number of para-hydroxylation sites is 2. The molecule has 0 bridgehead atoms. The molecule has 0 spiro atoms. The van der Waals surface area contributed by atoms with Crippen molar-refractivity contribution in [3.05, 3.63) is 52.5 Å². The van der Waals surface area contributed by atoms with E-state index in [1.165, 1.54) is 0 Å². The van der Waals surface area contributed by atoms with Crippen LogP contribution < -0.4 is 14.8 Å². The second-order valence-electron chi connectivity index (χ2n) is 6.29. The monoisotopic (exact) mass is 435 g/mol. The molecule has 0 aliphatic carbocycles. The lowest BCUT2D eigenvalue weighted by atomic mass is 9.98. The van der Waals surface area contributed by atoms with Gasteiger partial charge in [0.1, 0.15) is 17.2 Å². The van der Waals surface area contributed by atoms with Crippen LogP contribution in [0.15, 0.2) is 36.4 Å². The summed E-state index contributed by atoms with van der Waals surface area (Å²) >= 11 is 11.9. The molecule has 0 amide bonds. The summed E-state index contributed by atoms with van der Waals surface area (Å²) in [5.74, 6) is 0.711. The Morgan fingerprint density at radius 1 is 1.17 bits per heavy atom. The van der Waals surface area contributed by atoms with E-state index in [-0.39, 0.29) is 13.0 Å². The van der Waals surface area contributed by atoms with Crippen molar-refractivity contribution in [3.8, 4) is 11.5 Å². The molecule has 0 saturated heterocycles. The SMILES string of the molecule is CCOC(=O)C[C@H]1O[C@H](c2cccc(OC)c2OC)c2cccc(Cl)c2NC1=S. The van der Waals surface area contributed by atoms with Crippen LogP contribution in [0.3, 0.4) is 0 Å². The normalized spacial score (nSPS) is 18.3. The molecular weight excluding hydrogens is 414 g/mol. The highest BCUT2D eigenvalue weighted by Gasteiger charge is 2.34. The van der Waals surface area contributed by atoms with Gasteiger partial charge < -0.3 is 24.3 Å². The fraction of sp³-hybridized carbons (Fsp3) is 0.333. The van der Waals surface area contributed by atoms with Crippen molar-refractivity contribution in [3.63, 3.8) is 0 Å². The highest BCUT2D eigenvalue weighted by molar-refractivity contribution is 7.80. The van der Waals surface area contributed by atoms with Gasteiger partial charge in [-0.3, -0.25) is 4.79 Å². The zero-order valence-electron chi connectivity index (χ0n) is 16.4. The van der Waals surface area contributed by atoms with Gasteiger partial charge in [0.25, 0.3) is 0 Å². The smallest absolute Gasteiger partial charge is 0.308 e. The summed E-state index contributed by atoms with van der Waals surface area (Å²) in [7, 11) is 3.14. The number of fused-ring (bicyclic) bond motifs is 1. The van der Waals surface area contributed by atoms with E-state index in [2.05, 4.69) is 5.32 Å². The first-order chi connectivity index (χ1) is 14.0. The number of benzene rings is 2. The fourth-order valence-electron chi connectivity index (χ4n) is 3.27. The lowest BCUT2D eigenvalue weighted by Crippen LogP contribution is -2.31. The molecule has 0 radical (unpaired) electrons. The number of ether oxygens (including phenoxy) is 4. The van der Waals surface area contributed by atoms with Crippen molar-refractivity contribution < 1.29 is 23.7 Å². The Morgan fingerprint density at radius 3 is 2.59 bits per heavy atom. The van der Waals surface area contributed by atoms with Crippen LogP contribution in [-0.2, 0) is 14.3 Å². The molecule has 6 nitrogen and oxygen atoms in total. The van der Waals surface area contributed by atoms with Crippen molar-refractivity contribution in [1.82, 2.24) is 0 Å². The molecule has 1 aliphatic heterocycles.